The van der Waals surface area contributed by atoms with Crippen LogP contribution in [-0.4, -0.2) is 18.7 Å². The van der Waals surface area contributed by atoms with Gasteiger partial charge in [0.25, 0.3) is 5.56 Å². The molecule has 0 radical (unpaired) electrons. The number of rotatable bonds is 7. The summed E-state index contributed by atoms with van der Waals surface area (Å²) in [5.41, 5.74) is 0.441. The summed E-state index contributed by atoms with van der Waals surface area (Å²) in [4.78, 5) is 29.5. The van der Waals surface area contributed by atoms with Crippen LogP contribution < -0.4 is 11.2 Å². The fraction of sp³-hybridized carbons (Fsp3) is 0.562. The van der Waals surface area contributed by atoms with E-state index < -0.39 is 0 Å². The predicted molar refractivity (Wildman–Crippen MR) is 89.1 cm³/mol. The van der Waals surface area contributed by atoms with Gasteiger partial charge < -0.3 is 4.57 Å². The zero-order chi connectivity index (χ0) is 16.1. The van der Waals surface area contributed by atoms with Gasteiger partial charge >= 0.3 is 5.69 Å². The van der Waals surface area contributed by atoms with Crippen LogP contribution in [0.15, 0.2) is 22.0 Å². The minimum atomic E-state index is -0.260. The van der Waals surface area contributed by atoms with Crippen molar-refractivity contribution >= 4 is 17.4 Å². The number of nitrogens with zero attached hydrogens (tertiary/aromatic N) is 4. The van der Waals surface area contributed by atoms with Crippen LogP contribution in [0.25, 0.3) is 17.4 Å². The summed E-state index contributed by atoms with van der Waals surface area (Å²) in [5, 5.41) is 0. The van der Waals surface area contributed by atoms with Gasteiger partial charge in [0.05, 0.1) is 0 Å². The Hall–Kier alpha value is -2.11. The van der Waals surface area contributed by atoms with Gasteiger partial charge in [0.15, 0.2) is 11.2 Å². The third kappa shape index (κ3) is 2.91. The second-order valence-electron chi connectivity index (χ2n) is 5.39. The molecular weight excluding hydrogens is 280 g/mol. The molecule has 2 rings (SSSR count). The van der Waals surface area contributed by atoms with E-state index in [1.54, 1.807) is 15.5 Å². The van der Waals surface area contributed by atoms with Gasteiger partial charge in [-0.15, -0.1) is 0 Å². The number of hydrogen-bond acceptors (Lipinski definition) is 3. The first kappa shape index (κ1) is 16.3. The van der Waals surface area contributed by atoms with Crippen molar-refractivity contribution in [1.82, 2.24) is 18.7 Å². The third-order valence-corrected chi connectivity index (χ3v) is 3.56. The summed E-state index contributed by atoms with van der Waals surface area (Å²) in [6.07, 6.45) is 9.03. The van der Waals surface area contributed by atoms with Crippen LogP contribution in [-0.2, 0) is 13.1 Å². The third-order valence-electron chi connectivity index (χ3n) is 3.56. The van der Waals surface area contributed by atoms with E-state index in [-0.39, 0.29) is 11.2 Å². The van der Waals surface area contributed by atoms with E-state index in [1.807, 2.05) is 26.1 Å². The fourth-order valence-electron chi connectivity index (χ4n) is 2.52. The number of aryl methyl sites for hydroxylation is 1. The first-order valence-corrected chi connectivity index (χ1v) is 8.02. The van der Waals surface area contributed by atoms with Gasteiger partial charge in [-0.1, -0.05) is 33.3 Å². The first-order chi connectivity index (χ1) is 10.7. The minimum Gasteiger partial charge on any atom is -0.300 e. The Bertz CT molecular complexity index is 780. The lowest BCUT2D eigenvalue weighted by atomic mass is 10.3. The highest BCUT2D eigenvalue weighted by atomic mass is 16.2. The molecule has 0 aliphatic carbocycles. The smallest absolute Gasteiger partial charge is 0.300 e. The van der Waals surface area contributed by atoms with Gasteiger partial charge in [0, 0.05) is 19.3 Å². The topological polar surface area (TPSA) is 61.8 Å². The van der Waals surface area contributed by atoms with Gasteiger partial charge in [-0.2, -0.15) is 0 Å². The van der Waals surface area contributed by atoms with Crippen molar-refractivity contribution in [3.63, 3.8) is 0 Å². The van der Waals surface area contributed by atoms with Crippen molar-refractivity contribution in [2.75, 3.05) is 0 Å². The van der Waals surface area contributed by atoms with E-state index >= 15 is 0 Å². The summed E-state index contributed by atoms with van der Waals surface area (Å²) < 4.78 is 4.66. The average molecular weight is 304 g/mol. The number of hydrogen-bond donors (Lipinski definition) is 0. The molecule has 0 N–H and O–H groups in total. The van der Waals surface area contributed by atoms with Gasteiger partial charge in [0.1, 0.15) is 6.33 Å². The van der Waals surface area contributed by atoms with Gasteiger partial charge in [-0.3, -0.25) is 13.9 Å². The highest BCUT2D eigenvalue weighted by Gasteiger charge is 2.16. The van der Waals surface area contributed by atoms with E-state index in [0.717, 1.165) is 25.7 Å². The highest BCUT2D eigenvalue weighted by molar-refractivity contribution is 5.72. The van der Waals surface area contributed by atoms with E-state index in [9.17, 15) is 9.59 Å². The molecule has 22 heavy (non-hydrogen) atoms. The molecule has 0 bridgehead atoms. The Labute approximate surface area is 129 Å². The number of aromatic nitrogens is 4. The normalized spacial score (nSPS) is 11.8. The molecule has 0 aromatic carbocycles. The van der Waals surface area contributed by atoms with Crippen molar-refractivity contribution in [3.05, 3.63) is 33.2 Å². The Kier molecular flexibility index (Phi) is 5.35. The molecule has 0 fully saturated rings. The summed E-state index contributed by atoms with van der Waals surface area (Å²) in [6, 6.07) is 0. The maximum atomic E-state index is 12.7. The first-order valence-electron chi connectivity index (χ1n) is 8.02. The summed E-state index contributed by atoms with van der Waals surface area (Å²) >= 11 is 0. The number of unbranched alkanes of at least 4 members (excludes halogenated alkanes) is 1. The zero-order valence-electron chi connectivity index (χ0n) is 13.6. The molecule has 6 nitrogen and oxygen atoms in total. The molecule has 6 heteroatoms. The maximum Gasteiger partial charge on any atom is 0.332 e. The molecule has 0 spiro atoms. The predicted octanol–water partition coefficient (Wildman–Crippen LogP) is 2.45. The second kappa shape index (κ2) is 7.24. The van der Waals surface area contributed by atoms with Crippen LogP contribution in [0, 0.1) is 0 Å². The van der Waals surface area contributed by atoms with E-state index in [1.165, 1.54) is 4.57 Å². The van der Waals surface area contributed by atoms with Crippen LogP contribution in [0.3, 0.4) is 0 Å². The number of allylic oxidation sites excluding steroid dienone is 1. The SMILES string of the molecule is CCC/C=C/n1cnc2c1c(=O)n(CCC)c(=O)n2CCC. The number of fused-ring (bicyclic) bond motifs is 1. The Morgan fingerprint density at radius 3 is 2.36 bits per heavy atom. The molecule has 0 saturated heterocycles. The quantitative estimate of drug-likeness (QED) is 0.789. The van der Waals surface area contributed by atoms with Crippen LogP contribution in [0.4, 0.5) is 0 Å². The Morgan fingerprint density at radius 1 is 1.05 bits per heavy atom. The molecule has 2 aromatic rings. The van der Waals surface area contributed by atoms with Gasteiger partial charge in [0.2, 0.25) is 0 Å². The molecule has 0 aliphatic heterocycles. The molecule has 2 aromatic heterocycles. The van der Waals surface area contributed by atoms with Gasteiger partial charge in [-0.25, -0.2) is 9.78 Å². The average Bonchev–Trinajstić information content (AvgIpc) is 2.92. The summed E-state index contributed by atoms with van der Waals surface area (Å²) in [6.45, 7) is 7.06. The minimum absolute atomic E-state index is 0.257. The molecule has 120 valence electrons. The van der Waals surface area contributed by atoms with Crippen molar-refractivity contribution in [3.8, 4) is 0 Å². The van der Waals surface area contributed by atoms with E-state index in [2.05, 4.69) is 11.9 Å². The van der Waals surface area contributed by atoms with Crippen LogP contribution in [0.1, 0.15) is 46.5 Å². The monoisotopic (exact) mass is 304 g/mol. The van der Waals surface area contributed by atoms with E-state index in [0.29, 0.717) is 24.3 Å². The van der Waals surface area contributed by atoms with Crippen molar-refractivity contribution < 1.29 is 0 Å². The van der Waals surface area contributed by atoms with Crippen molar-refractivity contribution in [2.45, 2.75) is 59.5 Å². The van der Waals surface area contributed by atoms with Crippen molar-refractivity contribution in [1.29, 1.82) is 0 Å². The lowest BCUT2D eigenvalue weighted by Crippen LogP contribution is -2.40. The number of imidazole rings is 1. The molecule has 2 heterocycles. The standard InChI is InChI=1S/C16H24N4O2/c1-4-7-8-11-18-12-17-14-13(18)15(21)20(10-6-3)16(22)19(14)9-5-2/h8,11-12H,4-7,9-10H2,1-3H3/b11-8+. The lowest BCUT2D eigenvalue weighted by molar-refractivity contribution is 0.555. The second-order valence-corrected chi connectivity index (χ2v) is 5.39. The van der Waals surface area contributed by atoms with Crippen molar-refractivity contribution in [2.24, 2.45) is 0 Å². The molecule has 0 saturated carbocycles. The summed E-state index contributed by atoms with van der Waals surface area (Å²) in [5.74, 6) is 0. The van der Waals surface area contributed by atoms with Crippen LogP contribution in [0.5, 0.6) is 0 Å². The Morgan fingerprint density at radius 2 is 1.73 bits per heavy atom. The van der Waals surface area contributed by atoms with Crippen LogP contribution in [0.2, 0.25) is 0 Å². The molecule has 0 atom stereocenters. The molecular formula is C16H24N4O2. The van der Waals surface area contributed by atoms with Gasteiger partial charge in [-0.05, 0) is 19.3 Å². The fourth-order valence-corrected chi connectivity index (χ4v) is 2.52. The lowest BCUT2D eigenvalue weighted by Gasteiger charge is -2.10. The zero-order valence-corrected chi connectivity index (χ0v) is 13.6. The van der Waals surface area contributed by atoms with E-state index in [4.69, 9.17) is 0 Å². The van der Waals surface area contributed by atoms with Crippen LogP contribution >= 0.6 is 0 Å². The highest BCUT2D eigenvalue weighted by Crippen LogP contribution is 2.08. The molecule has 0 aliphatic rings. The largest absolute Gasteiger partial charge is 0.332 e. The molecule has 0 unspecified atom stereocenters. The summed E-state index contributed by atoms with van der Waals surface area (Å²) in [7, 11) is 0. The Balaban J connectivity index is 2.73. The maximum absolute atomic E-state index is 12.7. The molecule has 0 amide bonds.